The fourth-order valence-electron chi connectivity index (χ4n) is 2.53. The quantitative estimate of drug-likeness (QED) is 0.825. The molecule has 0 radical (unpaired) electrons. The van der Waals surface area contributed by atoms with E-state index in [2.05, 4.69) is 10.3 Å². The van der Waals surface area contributed by atoms with Crippen LogP contribution in [0.15, 0.2) is 24.5 Å². The van der Waals surface area contributed by atoms with Gasteiger partial charge >= 0.3 is 0 Å². The van der Waals surface area contributed by atoms with Crippen LogP contribution in [0, 0.1) is 5.92 Å². The van der Waals surface area contributed by atoms with E-state index in [4.69, 9.17) is 0 Å². The fourth-order valence-corrected chi connectivity index (χ4v) is 2.53. The van der Waals surface area contributed by atoms with Gasteiger partial charge in [0.15, 0.2) is 0 Å². The largest absolute Gasteiger partial charge is 0.506 e. The predicted octanol–water partition coefficient (Wildman–Crippen LogP) is 1.58. The summed E-state index contributed by atoms with van der Waals surface area (Å²) < 4.78 is 2.00. The van der Waals surface area contributed by atoms with E-state index in [9.17, 15) is 5.11 Å². The molecule has 17 heavy (non-hydrogen) atoms. The van der Waals surface area contributed by atoms with Gasteiger partial charge in [0.25, 0.3) is 0 Å². The molecule has 2 aromatic rings. The zero-order valence-corrected chi connectivity index (χ0v) is 9.76. The number of aromatic nitrogens is 2. The maximum atomic E-state index is 9.52. The topological polar surface area (TPSA) is 49.6 Å². The summed E-state index contributed by atoms with van der Waals surface area (Å²) in [6.07, 6.45) is 7.05. The lowest BCUT2D eigenvalue weighted by atomic mass is 9.94. The molecule has 0 aromatic carbocycles. The molecule has 3 heterocycles. The number of pyridine rings is 1. The highest BCUT2D eigenvalue weighted by Crippen LogP contribution is 2.20. The maximum absolute atomic E-state index is 9.52. The third-order valence-corrected chi connectivity index (χ3v) is 3.52. The normalized spacial score (nSPS) is 17.6. The van der Waals surface area contributed by atoms with Gasteiger partial charge in [-0.1, -0.05) is 0 Å². The highest BCUT2D eigenvalue weighted by atomic mass is 16.3. The van der Waals surface area contributed by atoms with Crippen LogP contribution in [0.2, 0.25) is 0 Å². The number of nitrogens with one attached hydrogen (secondary N) is 1. The van der Waals surface area contributed by atoms with E-state index in [1.807, 2.05) is 16.7 Å². The molecule has 0 atom stereocenters. The molecular formula is C13H17N3O. The number of hydrogen-bond donors (Lipinski definition) is 2. The summed E-state index contributed by atoms with van der Waals surface area (Å²) in [6, 6.07) is 3.60. The van der Waals surface area contributed by atoms with Crippen LogP contribution < -0.4 is 5.32 Å². The number of hydrogen-bond acceptors (Lipinski definition) is 3. The van der Waals surface area contributed by atoms with Gasteiger partial charge in [-0.3, -0.25) is 0 Å². The molecule has 2 N–H and O–H groups in total. The average Bonchev–Trinajstić information content (AvgIpc) is 2.73. The van der Waals surface area contributed by atoms with Crippen molar-refractivity contribution < 1.29 is 5.11 Å². The number of rotatable bonds is 2. The Morgan fingerprint density at radius 1 is 1.35 bits per heavy atom. The summed E-state index contributed by atoms with van der Waals surface area (Å²) in [6.45, 7) is 2.22. The van der Waals surface area contributed by atoms with Crippen LogP contribution in [0.25, 0.3) is 5.52 Å². The standard InChI is InChI=1S/C13H17N3O/c17-12-2-1-11-8-15-13(16(11)9-12)7-10-3-5-14-6-4-10/h1-2,8-10,14,17H,3-7H2. The fraction of sp³-hybridized carbons (Fsp3) is 0.462. The third-order valence-electron chi connectivity index (χ3n) is 3.52. The van der Waals surface area contributed by atoms with Crippen LogP contribution in [-0.2, 0) is 6.42 Å². The Morgan fingerprint density at radius 2 is 2.18 bits per heavy atom. The molecule has 1 aliphatic rings. The van der Waals surface area contributed by atoms with E-state index < -0.39 is 0 Å². The van der Waals surface area contributed by atoms with Crippen LogP contribution in [-0.4, -0.2) is 27.6 Å². The Balaban J connectivity index is 1.86. The first kappa shape index (κ1) is 10.6. The van der Waals surface area contributed by atoms with Crippen molar-refractivity contribution in [3.05, 3.63) is 30.4 Å². The highest BCUT2D eigenvalue weighted by Gasteiger charge is 2.16. The highest BCUT2D eigenvalue weighted by molar-refractivity contribution is 5.48. The molecule has 4 heteroatoms. The molecule has 0 unspecified atom stereocenters. The zero-order chi connectivity index (χ0) is 11.7. The van der Waals surface area contributed by atoms with Crippen molar-refractivity contribution in [2.45, 2.75) is 19.3 Å². The van der Waals surface area contributed by atoms with E-state index in [0.717, 1.165) is 30.9 Å². The van der Waals surface area contributed by atoms with Crippen molar-refractivity contribution in [2.24, 2.45) is 5.92 Å². The van der Waals surface area contributed by atoms with Gasteiger partial charge in [-0.2, -0.15) is 0 Å². The summed E-state index contributed by atoms with van der Waals surface area (Å²) in [5, 5.41) is 12.9. The van der Waals surface area contributed by atoms with Gasteiger partial charge in [-0.05, 0) is 44.0 Å². The lowest BCUT2D eigenvalue weighted by Gasteiger charge is -2.21. The van der Waals surface area contributed by atoms with Gasteiger partial charge in [-0.25, -0.2) is 4.98 Å². The van der Waals surface area contributed by atoms with E-state index in [1.54, 1.807) is 12.3 Å². The van der Waals surface area contributed by atoms with Gasteiger partial charge < -0.3 is 14.8 Å². The van der Waals surface area contributed by atoms with Crippen molar-refractivity contribution >= 4 is 5.52 Å². The Hall–Kier alpha value is -1.55. The molecule has 2 aromatic heterocycles. The molecule has 1 saturated heterocycles. The second-order valence-electron chi connectivity index (χ2n) is 4.75. The smallest absolute Gasteiger partial charge is 0.132 e. The van der Waals surface area contributed by atoms with Gasteiger partial charge in [0.1, 0.15) is 11.6 Å². The van der Waals surface area contributed by atoms with Crippen LogP contribution in [0.1, 0.15) is 18.7 Å². The SMILES string of the molecule is Oc1ccc2cnc(CC3CCNCC3)n2c1. The van der Waals surface area contributed by atoms with E-state index >= 15 is 0 Å². The summed E-state index contributed by atoms with van der Waals surface area (Å²) in [5.74, 6) is 2.06. The third kappa shape index (κ3) is 2.13. The van der Waals surface area contributed by atoms with Crippen molar-refractivity contribution in [1.29, 1.82) is 0 Å². The Labute approximate surface area is 100 Å². The number of aromatic hydroxyl groups is 1. The van der Waals surface area contributed by atoms with Gasteiger partial charge in [0, 0.05) is 6.42 Å². The molecule has 1 aliphatic heterocycles. The van der Waals surface area contributed by atoms with E-state index in [1.165, 1.54) is 12.8 Å². The second-order valence-corrected chi connectivity index (χ2v) is 4.75. The summed E-state index contributed by atoms with van der Waals surface area (Å²) >= 11 is 0. The van der Waals surface area contributed by atoms with Crippen molar-refractivity contribution in [3.8, 4) is 5.75 Å². The molecule has 0 aliphatic carbocycles. The van der Waals surface area contributed by atoms with Crippen LogP contribution in [0.5, 0.6) is 5.75 Å². The van der Waals surface area contributed by atoms with Crippen LogP contribution in [0.3, 0.4) is 0 Å². The average molecular weight is 231 g/mol. The Kier molecular flexibility index (Phi) is 2.73. The molecule has 0 amide bonds. The first-order valence-corrected chi connectivity index (χ1v) is 6.18. The predicted molar refractivity (Wildman–Crippen MR) is 66.2 cm³/mol. The molecular weight excluding hydrogens is 214 g/mol. The summed E-state index contributed by atoms with van der Waals surface area (Å²) in [5.41, 5.74) is 1.05. The summed E-state index contributed by atoms with van der Waals surface area (Å²) in [4.78, 5) is 4.46. The van der Waals surface area contributed by atoms with Crippen molar-refractivity contribution in [3.63, 3.8) is 0 Å². The molecule has 1 fully saturated rings. The lowest BCUT2D eigenvalue weighted by Crippen LogP contribution is -2.29. The minimum atomic E-state index is 0.294. The molecule has 90 valence electrons. The zero-order valence-electron chi connectivity index (χ0n) is 9.76. The van der Waals surface area contributed by atoms with Crippen molar-refractivity contribution in [1.82, 2.24) is 14.7 Å². The lowest BCUT2D eigenvalue weighted by molar-refractivity contribution is 0.366. The first-order valence-electron chi connectivity index (χ1n) is 6.18. The maximum Gasteiger partial charge on any atom is 0.132 e. The number of fused-ring (bicyclic) bond motifs is 1. The van der Waals surface area contributed by atoms with E-state index in [-0.39, 0.29) is 0 Å². The van der Waals surface area contributed by atoms with Gasteiger partial charge in [-0.15, -0.1) is 0 Å². The van der Waals surface area contributed by atoms with Crippen LogP contribution in [0.4, 0.5) is 0 Å². The molecule has 0 bridgehead atoms. The van der Waals surface area contributed by atoms with E-state index in [0.29, 0.717) is 11.7 Å². The van der Waals surface area contributed by atoms with Crippen LogP contribution >= 0.6 is 0 Å². The number of piperidine rings is 1. The molecule has 0 saturated carbocycles. The molecule has 0 spiro atoms. The Bertz CT molecular complexity index is 514. The van der Waals surface area contributed by atoms with Crippen molar-refractivity contribution in [2.75, 3.05) is 13.1 Å². The monoisotopic (exact) mass is 231 g/mol. The molecule has 3 rings (SSSR count). The second kappa shape index (κ2) is 4.37. The minimum Gasteiger partial charge on any atom is -0.506 e. The Morgan fingerprint density at radius 3 is 3.00 bits per heavy atom. The number of imidazole rings is 1. The first-order chi connectivity index (χ1) is 8.33. The molecule has 4 nitrogen and oxygen atoms in total. The number of nitrogens with zero attached hydrogens (tertiary/aromatic N) is 2. The summed E-state index contributed by atoms with van der Waals surface area (Å²) in [7, 11) is 0. The van der Waals surface area contributed by atoms with Gasteiger partial charge in [0.2, 0.25) is 0 Å². The van der Waals surface area contributed by atoms with Gasteiger partial charge in [0.05, 0.1) is 17.9 Å². The minimum absolute atomic E-state index is 0.294.